The summed E-state index contributed by atoms with van der Waals surface area (Å²) in [5.74, 6) is 0.546. The highest BCUT2D eigenvalue weighted by Crippen LogP contribution is 2.27. The number of rotatable bonds is 3. The maximum Gasteiger partial charge on any atom is 0.310 e. The Morgan fingerprint density at radius 1 is 1.13 bits per heavy atom. The second kappa shape index (κ2) is 4.97. The summed E-state index contributed by atoms with van der Waals surface area (Å²) in [5, 5.41) is 0. The zero-order chi connectivity index (χ0) is 10.7. The van der Waals surface area contributed by atoms with Crippen molar-refractivity contribution in [2.24, 2.45) is 17.6 Å². The standard InChI is InChI=1S/C12H21NO2/c13-11-7-3-6-10(11)12(14)15-8-9-4-1-2-5-9/h9-11H,1-8,13H2. The van der Waals surface area contributed by atoms with Gasteiger partial charge in [0.2, 0.25) is 0 Å². The highest BCUT2D eigenvalue weighted by Gasteiger charge is 2.32. The van der Waals surface area contributed by atoms with Crippen LogP contribution in [-0.4, -0.2) is 18.6 Å². The third kappa shape index (κ3) is 2.71. The van der Waals surface area contributed by atoms with E-state index in [0.717, 1.165) is 19.3 Å². The lowest BCUT2D eigenvalue weighted by atomic mass is 10.1. The lowest BCUT2D eigenvalue weighted by molar-refractivity contribution is -0.150. The van der Waals surface area contributed by atoms with Crippen LogP contribution < -0.4 is 5.73 Å². The van der Waals surface area contributed by atoms with E-state index in [1.54, 1.807) is 0 Å². The van der Waals surface area contributed by atoms with E-state index >= 15 is 0 Å². The van der Waals surface area contributed by atoms with Gasteiger partial charge in [-0.15, -0.1) is 0 Å². The van der Waals surface area contributed by atoms with Crippen LogP contribution in [0.3, 0.4) is 0 Å². The third-order valence-corrected chi connectivity index (χ3v) is 3.81. The fourth-order valence-electron chi connectivity index (χ4n) is 2.77. The van der Waals surface area contributed by atoms with Crippen molar-refractivity contribution >= 4 is 5.97 Å². The van der Waals surface area contributed by atoms with E-state index in [1.165, 1.54) is 25.7 Å². The molecular weight excluding hydrogens is 190 g/mol. The molecule has 2 unspecified atom stereocenters. The Morgan fingerprint density at radius 2 is 1.87 bits per heavy atom. The molecule has 0 saturated heterocycles. The molecule has 2 aliphatic rings. The van der Waals surface area contributed by atoms with Crippen LogP contribution in [0.1, 0.15) is 44.9 Å². The minimum atomic E-state index is -0.0492. The average molecular weight is 211 g/mol. The van der Waals surface area contributed by atoms with Crippen molar-refractivity contribution in [2.75, 3.05) is 6.61 Å². The van der Waals surface area contributed by atoms with Crippen LogP contribution in [0, 0.1) is 11.8 Å². The fourth-order valence-corrected chi connectivity index (χ4v) is 2.77. The van der Waals surface area contributed by atoms with Crippen LogP contribution in [0.2, 0.25) is 0 Å². The van der Waals surface area contributed by atoms with Gasteiger partial charge in [0.15, 0.2) is 0 Å². The smallest absolute Gasteiger partial charge is 0.310 e. The molecule has 0 spiro atoms. The first-order valence-corrected chi connectivity index (χ1v) is 6.19. The maximum atomic E-state index is 11.7. The molecule has 2 aliphatic carbocycles. The molecule has 0 amide bonds. The second-order valence-corrected chi connectivity index (χ2v) is 4.98. The van der Waals surface area contributed by atoms with Gasteiger partial charge in [-0.2, -0.15) is 0 Å². The lowest BCUT2D eigenvalue weighted by Gasteiger charge is -2.16. The van der Waals surface area contributed by atoms with Gasteiger partial charge in [0.05, 0.1) is 12.5 Å². The summed E-state index contributed by atoms with van der Waals surface area (Å²) in [4.78, 5) is 11.7. The normalized spacial score (nSPS) is 32.1. The Morgan fingerprint density at radius 3 is 2.47 bits per heavy atom. The maximum absolute atomic E-state index is 11.7. The fraction of sp³-hybridized carbons (Fsp3) is 0.917. The van der Waals surface area contributed by atoms with Crippen molar-refractivity contribution in [1.82, 2.24) is 0 Å². The van der Waals surface area contributed by atoms with Crippen LogP contribution in [0.25, 0.3) is 0 Å². The number of hydrogen-bond donors (Lipinski definition) is 1. The number of ether oxygens (including phenoxy) is 1. The quantitative estimate of drug-likeness (QED) is 0.725. The molecule has 2 saturated carbocycles. The first-order chi connectivity index (χ1) is 7.27. The van der Waals surface area contributed by atoms with Crippen molar-refractivity contribution in [2.45, 2.75) is 51.0 Å². The van der Waals surface area contributed by atoms with E-state index in [9.17, 15) is 4.79 Å². The molecule has 3 nitrogen and oxygen atoms in total. The van der Waals surface area contributed by atoms with Crippen molar-refractivity contribution in [1.29, 1.82) is 0 Å². The number of carbonyl (C=O) groups excluding carboxylic acids is 1. The number of carbonyl (C=O) groups is 1. The predicted octanol–water partition coefficient (Wildman–Crippen LogP) is 1.85. The summed E-state index contributed by atoms with van der Waals surface area (Å²) in [6.45, 7) is 0.627. The van der Waals surface area contributed by atoms with E-state index in [0.29, 0.717) is 12.5 Å². The molecule has 0 aromatic heterocycles. The molecule has 2 fully saturated rings. The summed E-state index contributed by atoms with van der Waals surface area (Å²) in [6.07, 6.45) is 8.02. The Labute approximate surface area is 91.4 Å². The number of nitrogens with two attached hydrogens (primary N) is 1. The van der Waals surface area contributed by atoms with Crippen LogP contribution in [0.4, 0.5) is 0 Å². The molecule has 15 heavy (non-hydrogen) atoms. The van der Waals surface area contributed by atoms with Gasteiger partial charge in [-0.25, -0.2) is 0 Å². The molecule has 3 heteroatoms. The summed E-state index contributed by atoms with van der Waals surface area (Å²) < 4.78 is 5.36. The van der Waals surface area contributed by atoms with Crippen molar-refractivity contribution in [3.05, 3.63) is 0 Å². The predicted molar refractivity (Wildman–Crippen MR) is 58.2 cm³/mol. The van der Waals surface area contributed by atoms with Gasteiger partial charge in [0.1, 0.15) is 0 Å². The van der Waals surface area contributed by atoms with Crippen LogP contribution in [-0.2, 0) is 9.53 Å². The van der Waals surface area contributed by atoms with E-state index in [2.05, 4.69) is 0 Å². The first kappa shape index (κ1) is 10.9. The van der Waals surface area contributed by atoms with Gasteiger partial charge in [-0.3, -0.25) is 4.79 Å². The van der Waals surface area contributed by atoms with Gasteiger partial charge in [0, 0.05) is 6.04 Å². The van der Waals surface area contributed by atoms with Crippen molar-refractivity contribution in [3.63, 3.8) is 0 Å². The molecule has 0 aromatic rings. The largest absolute Gasteiger partial charge is 0.465 e. The SMILES string of the molecule is NC1CCCC1C(=O)OCC1CCCC1. The third-order valence-electron chi connectivity index (χ3n) is 3.81. The van der Waals surface area contributed by atoms with Crippen LogP contribution in [0.5, 0.6) is 0 Å². The van der Waals surface area contributed by atoms with E-state index in [-0.39, 0.29) is 17.9 Å². The Balaban J connectivity index is 1.71. The zero-order valence-electron chi connectivity index (χ0n) is 9.28. The summed E-state index contributed by atoms with van der Waals surface area (Å²) in [7, 11) is 0. The first-order valence-electron chi connectivity index (χ1n) is 6.19. The van der Waals surface area contributed by atoms with Crippen LogP contribution >= 0.6 is 0 Å². The Kier molecular flexibility index (Phi) is 3.62. The van der Waals surface area contributed by atoms with E-state index < -0.39 is 0 Å². The van der Waals surface area contributed by atoms with Crippen molar-refractivity contribution < 1.29 is 9.53 Å². The Bertz CT molecular complexity index is 224. The molecule has 2 atom stereocenters. The molecular formula is C12H21NO2. The van der Waals surface area contributed by atoms with Crippen LogP contribution in [0.15, 0.2) is 0 Å². The van der Waals surface area contributed by atoms with Gasteiger partial charge in [-0.05, 0) is 31.6 Å². The topological polar surface area (TPSA) is 52.3 Å². The molecule has 0 aliphatic heterocycles. The molecule has 0 radical (unpaired) electrons. The van der Waals surface area contributed by atoms with Gasteiger partial charge >= 0.3 is 5.97 Å². The molecule has 2 N–H and O–H groups in total. The Hall–Kier alpha value is -0.570. The monoisotopic (exact) mass is 211 g/mol. The minimum absolute atomic E-state index is 0.0218. The van der Waals surface area contributed by atoms with Gasteiger partial charge in [-0.1, -0.05) is 19.3 Å². The molecule has 0 heterocycles. The zero-order valence-corrected chi connectivity index (χ0v) is 9.28. The van der Waals surface area contributed by atoms with E-state index in [1.807, 2.05) is 0 Å². The lowest BCUT2D eigenvalue weighted by Crippen LogP contribution is -2.32. The summed E-state index contributed by atoms with van der Waals surface area (Å²) >= 11 is 0. The van der Waals surface area contributed by atoms with Gasteiger partial charge < -0.3 is 10.5 Å². The number of esters is 1. The molecule has 86 valence electrons. The molecule has 0 aromatic carbocycles. The minimum Gasteiger partial charge on any atom is -0.465 e. The highest BCUT2D eigenvalue weighted by atomic mass is 16.5. The average Bonchev–Trinajstić information content (AvgIpc) is 2.84. The second-order valence-electron chi connectivity index (χ2n) is 4.98. The van der Waals surface area contributed by atoms with E-state index in [4.69, 9.17) is 10.5 Å². The summed E-state index contributed by atoms with van der Waals surface area (Å²) in [6, 6.07) is 0.0427. The van der Waals surface area contributed by atoms with Gasteiger partial charge in [0.25, 0.3) is 0 Å². The van der Waals surface area contributed by atoms with Crippen molar-refractivity contribution in [3.8, 4) is 0 Å². The highest BCUT2D eigenvalue weighted by molar-refractivity contribution is 5.73. The molecule has 0 bridgehead atoms. The molecule has 2 rings (SSSR count). The summed E-state index contributed by atoms with van der Waals surface area (Å²) in [5.41, 5.74) is 5.86. The number of hydrogen-bond acceptors (Lipinski definition) is 3.